The molecule has 1 unspecified atom stereocenters. The highest BCUT2D eigenvalue weighted by Crippen LogP contribution is 2.27. The summed E-state index contributed by atoms with van der Waals surface area (Å²) in [5.74, 6) is 1.89. The van der Waals surface area contributed by atoms with Gasteiger partial charge in [0, 0.05) is 38.8 Å². The Balaban J connectivity index is 1.55. The van der Waals surface area contributed by atoms with Crippen molar-refractivity contribution >= 4 is 33.1 Å². The number of anilines is 2. The first kappa shape index (κ1) is 15.4. The van der Waals surface area contributed by atoms with Gasteiger partial charge in [-0.3, -0.25) is 4.68 Å². The molecule has 4 rings (SSSR count). The van der Waals surface area contributed by atoms with Gasteiger partial charge in [-0.1, -0.05) is 6.92 Å². The molecule has 0 radical (unpaired) electrons. The predicted molar refractivity (Wildman–Crippen MR) is 98.9 cm³/mol. The summed E-state index contributed by atoms with van der Waals surface area (Å²) in [6.07, 6.45) is 7.21. The topological polar surface area (TPSA) is 58.9 Å². The summed E-state index contributed by atoms with van der Waals surface area (Å²) in [6, 6.07) is 2.50. The quantitative estimate of drug-likeness (QED) is 0.790. The molecule has 1 N–H and O–H groups in total. The second-order valence-electron chi connectivity index (χ2n) is 6.28. The van der Waals surface area contributed by atoms with Gasteiger partial charge in [0.2, 0.25) is 0 Å². The predicted octanol–water partition coefficient (Wildman–Crippen LogP) is 3.07. The molecule has 0 saturated carbocycles. The van der Waals surface area contributed by atoms with Crippen LogP contribution in [0.3, 0.4) is 0 Å². The summed E-state index contributed by atoms with van der Waals surface area (Å²) < 4.78 is 1.86. The third kappa shape index (κ3) is 2.96. The van der Waals surface area contributed by atoms with E-state index >= 15 is 0 Å². The number of piperidine rings is 1. The zero-order valence-electron chi connectivity index (χ0n) is 14.1. The summed E-state index contributed by atoms with van der Waals surface area (Å²) in [4.78, 5) is 12.8. The molecule has 24 heavy (non-hydrogen) atoms. The molecule has 0 aromatic carbocycles. The number of fused-ring (bicyclic) bond motifs is 1. The first-order valence-electron chi connectivity index (χ1n) is 8.47. The molecule has 1 saturated heterocycles. The summed E-state index contributed by atoms with van der Waals surface area (Å²) in [5, 5.41) is 11.2. The monoisotopic (exact) mass is 342 g/mol. The van der Waals surface area contributed by atoms with Crippen molar-refractivity contribution < 1.29 is 0 Å². The Morgan fingerprint density at radius 3 is 3.08 bits per heavy atom. The van der Waals surface area contributed by atoms with E-state index in [0.717, 1.165) is 47.8 Å². The van der Waals surface area contributed by atoms with E-state index in [4.69, 9.17) is 4.98 Å². The molecule has 0 aliphatic carbocycles. The number of nitrogens with one attached hydrogen (secondary N) is 1. The molecule has 1 atom stereocenters. The van der Waals surface area contributed by atoms with Gasteiger partial charge in [0.05, 0.1) is 17.3 Å². The van der Waals surface area contributed by atoms with Crippen LogP contribution in [0.15, 0.2) is 23.8 Å². The third-order valence-corrected chi connectivity index (χ3v) is 5.31. The first-order chi connectivity index (χ1) is 11.7. The van der Waals surface area contributed by atoms with Crippen molar-refractivity contribution in [1.82, 2.24) is 19.7 Å². The van der Waals surface area contributed by atoms with Gasteiger partial charge in [-0.2, -0.15) is 5.10 Å². The molecule has 0 bridgehead atoms. The lowest BCUT2D eigenvalue weighted by atomic mass is 10.1. The Labute approximate surface area is 145 Å². The highest BCUT2D eigenvalue weighted by Gasteiger charge is 2.22. The molecule has 6 nitrogen and oxygen atoms in total. The molecule has 1 aliphatic rings. The standard InChI is InChI=1S/C17H22N6S/c1-3-15-20-16(14-6-8-24-17(14)21-15)19-12-5-4-7-23(10-12)13-9-18-22(2)11-13/h6,8-9,11-12H,3-5,7,10H2,1-2H3,(H,19,20,21). The molecule has 1 aliphatic heterocycles. The van der Waals surface area contributed by atoms with Gasteiger partial charge in [-0.25, -0.2) is 9.97 Å². The summed E-state index contributed by atoms with van der Waals surface area (Å²) in [6.45, 7) is 4.16. The van der Waals surface area contributed by atoms with Gasteiger partial charge in [0.25, 0.3) is 0 Å². The second-order valence-corrected chi connectivity index (χ2v) is 7.18. The van der Waals surface area contributed by atoms with Crippen LogP contribution in [0.4, 0.5) is 11.5 Å². The van der Waals surface area contributed by atoms with Crippen molar-refractivity contribution in [3.63, 3.8) is 0 Å². The fourth-order valence-electron chi connectivity index (χ4n) is 3.26. The van der Waals surface area contributed by atoms with E-state index < -0.39 is 0 Å². The van der Waals surface area contributed by atoms with Crippen LogP contribution in [-0.2, 0) is 13.5 Å². The molecule has 126 valence electrons. The van der Waals surface area contributed by atoms with E-state index in [1.165, 1.54) is 12.1 Å². The van der Waals surface area contributed by atoms with Crippen molar-refractivity contribution in [3.05, 3.63) is 29.7 Å². The number of aryl methyl sites for hydroxylation is 2. The molecule has 4 heterocycles. The molecule has 0 spiro atoms. The highest BCUT2D eigenvalue weighted by molar-refractivity contribution is 7.16. The largest absolute Gasteiger partial charge is 0.367 e. The first-order valence-corrected chi connectivity index (χ1v) is 9.35. The van der Waals surface area contributed by atoms with Crippen LogP contribution >= 0.6 is 11.3 Å². The van der Waals surface area contributed by atoms with Crippen LogP contribution in [0.5, 0.6) is 0 Å². The Hall–Kier alpha value is -2.15. The minimum Gasteiger partial charge on any atom is -0.367 e. The molecule has 0 amide bonds. The molecule has 7 heteroatoms. The van der Waals surface area contributed by atoms with E-state index in [2.05, 4.69) is 44.9 Å². The Kier molecular flexibility index (Phi) is 4.10. The third-order valence-electron chi connectivity index (χ3n) is 4.51. The number of rotatable bonds is 4. The van der Waals surface area contributed by atoms with E-state index in [1.54, 1.807) is 11.3 Å². The smallest absolute Gasteiger partial charge is 0.138 e. The second kappa shape index (κ2) is 6.39. The molecule has 3 aromatic heterocycles. The summed E-state index contributed by atoms with van der Waals surface area (Å²) >= 11 is 1.68. The fraction of sp³-hybridized carbons (Fsp3) is 0.471. The Morgan fingerprint density at radius 1 is 1.38 bits per heavy atom. The van der Waals surface area contributed by atoms with Crippen LogP contribution in [0.2, 0.25) is 0 Å². The lowest BCUT2D eigenvalue weighted by Crippen LogP contribution is -2.42. The zero-order chi connectivity index (χ0) is 16.5. The number of nitrogens with zero attached hydrogens (tertiary/aromatic N) is 5. The average Bonchev–Trinajstić information content (AvgIpc) is 3.24. The number of aromatic nitrogens is 4. The maximum Gasteiger partial charge on any atom is 0.138 e. The Bertz CT molecular complexity index is 839. The van der Waals surface area contributed by atoms with Gasteiger partial charge in [-0.05, 0) is 24.3 Å². The van der Waals surface area contributed by atoms with E-state index in [1.807, 2.05) is 17.9 Å². The SMILES string of the molecule is CCc1nc(NC2CCCN(c3cnn(C)c3)C2)c2ccsc2n1. The van der Waals surface area contributed by atoms with Gasteiger partial charge >= 0.3 is 0 Å². The molecule has 1 fully saturated rings. The average molecular weight is 342 g/mol. The van der Waals surface area contributed by atoms with E-state index in [0.29, 0.717) is 6.04 Å². The number of hydrogen-bond acceptors (Lipinski definition) is 6. The van der Waals surface area contributed by atoms with Gasteiger partial charge in [-0.15, -0.1) is 11.3 Å². The van der Waals surface area contributed by atoms with Gasteiger partial charge < -0.3 is 10.2 Å². The van der Waals surface area contributed by atoms with Crippen molar-refractivity contribution in [3.8, 4) is 0 Å². The highest BCUT2D eigenvalue weighted by atomic mass is 32.1. The Morgan fingerprint density at radius 2 is 2.29 bits per heavy atom. The van der Waals surface area contributed by atoms with Gasteiger partial charge in [0.1, 0.15) is 16.5 Å². The van der Waals surface area contributed by atoms with Crippen LogP contribution < -0.4 is 10.2 Å². The lowest BCUT2D eigenvalue weighted by molar-refractivity contribution is 0.529. The molecule has 3 aromatic rings. The summed E-state index contributed by atoms with van der Waals surface area (Å²) in [5.41, 5.74) is 1.20. The molecular weight excluding hydrogens is 320 g/mol. The van der Waals surface area contributed by atoms with Crippen molar-refractivity contribution in [2.75, 3.05) is 23.3 Å². The maximum absolute atomic E-state index is 4.74. The normalized spacial score (nSPS) is 18.2. The lowest BCUT2D eigenvalue weighted by Gasteiger charge is -2.34. The minimum absolute atomic E-state index is 0.390. The van der Waals surface area contributed by atoms with Crippen LogP contribution in [-0.4, -0.2) is 38.9 Å². The van der Waals surface area contributed by atoms with Crippen molar-refractivity contribution in [2.45, 2.75) is 32.2 Å². The van der Waals surface area contributed by atoms with Crippen LogP contribution in [0.1, 0.15) is 25.6 Å². The molecular formula is C17H22N6S. The number of hydrogen-bond donors (Lipinski definition) is 1. The van der Waals surface area contributed by atoms with E-state index in [-0.39, 0.29) is 0 Å². The minimum atomic E-state index is 0.390. The van der Waals surface area contributed by atoms with Crippen molar-refractivity contribution in [1.29, 1.82) is 0 Å². The maximum atomic E-state index is 4.74. The fourth-order valence-corrected chi connectivity index (χ4v) is 4.04. The van der Waals surface area contributed by atoms with Crippen LogP contribution in [0, 0.1) is 0 Å². The van der Waals surface area contributed by atoms with Gasteiger partial charge in [0.15, 0.2) is 0 Å². The van der Waals surface area contributed by atoms with E-state index in [9.17, 15) is 0 Å². The summed E-state index contributed by atoms with van der Waals surface area (Å²) in [7, 11) is 1.96. The van der Waals surface area contributed by atoms with Crippen LogP contribution in [0.25, 0.3) is 10.2 Å². The zero-order valence-corrected chi connectivity index (χ0v) is 14.9. The number of thiophene rings is 1. The van der Waals surface area contributed by atoms with Crippen molar-refractivity contribution in [2.24, 2.45) is 7.05 Å².